The Morgan fingerprint density at radius 2 is 2.29 bits per heavy atom. The van der Waals surface area contributed by atoms with Crippen LogP contribution in [0.2, 0.25) is 0 Å². The minimum atomic E-state index is -0.394. The first kappa shape index (κ1) is 13.7. The number of alkyl halides is 1. The van der Waals surface area contributed by atoms with Crippen molar-refractivity contribution in [3.05, 3.63) is 33.9 Å². The SMILES string of the molecule is CC(Cl)c1ccc(NCCC[NH3+])c([N+](=O)[O-])c1. The maximum atomic E-state index is 10.9. The van der Waals surface area contributed by atoms with E-state index in [1.807, 2.05) is 0 Å². The van der Waals surface area contributed by atoms with Crippen molar-refractivity contribution >= 4 is 23.0 Å². The molecule has 0 saturated heterocycles. The summed E-state index contributed by atoms with van der Waals surface area (Å²) in [5, 5.41) is 13.7. The van der Waals surface area contributed by atoms with Gasteiger partial charge in [-0.1, -0.05) is 6.07 Å². The summed E-state index contributed by atoms with van der Waals surface area (Å²) in [6.45, 7) is 3.27. The molecule has 17 heavy (non-hydrogen) atoms. The highest BCUT2D eigenvalue weighted by Gasteiger charge is 2.15. The minimum absolute atomic E-state index is 0.0686. The van der Waals surface area contributed by atoms with Crippen LogP contribution in [-0.4, -0.2) is 18.0 Å². The average Bonchev–Trinajstić information content (AvgIpc) is 2.29. The molecule has 0 spiro atoms. The molecule has 1 rings (SSSR count). The zero-order valence-corrected chi connectivity index (χ0v) is 10.5. The zero-order chi connectivity index (χ0) is 12.8. The number of nitrogens with one attached hydrogen (secondary N) is 1. The van der Waals surface area contributed by atoms with Crippen molar-refractivity contribution in [3.8, 4) is 0 Å². The van der Waals surface area contributed by atoms with Crippen molar-refractivity contribution < 1.29 is 10.7 Å². The van der Waals surface area contributed by atoms with Crippen LogP contribution in [-0.2, 0) is 0 Å². The first-order chi connectivity index (χ1) is 8.06. The summed E-state index contributed by atoms with van der Waals surface area (Å²) in [6.07, 6.45) is 0.880. The van der Waals surface area contributed by atoms with Gasteiger partial charge in [0.25, 0.3) is 5.69 Å². The van der Waals surface area contributed by atoms with Gasteiger partial charge in [-0.25, -0.2) is 0 Å². The standard InChI is InChI=1S/C11H16ClN3O2/c1-8(12)9-3-4-10(14-6-2-5-13)11(7-9)15(16)17/h3-4,7-8,14H,2,5-6,13H2,1H3/p+1. The lowest BCUT2D eigenvalue weighted by Crippen LogP contribution is -2.50. The third-order valence-electron chi connectivity index (χ3n) is 2.42. The molecule has 4 N–H and O–H groups in total. The molecular formula is C11H17ClN3O2+. The Hall–Kier alpha value is -1.33. The Morgan fingerprint density at radius 3 is 2.82 bits per heavy atom. The number of hydrogen-bond acceptors (Lipinski definition) is 3. The number of benzene rings is 1. The summed E-state index contributed by atoms with van der Waals surface area (Å²) >= 11 is 5.91. The summed E-state index contributed by atoms with van der Waals surface area (Å²) in [4.78, 5) is 10.5. The minimum Gasteiger partial charge on any atom is -0.379 e. The molecule has 0 amide bonds. The van der Waals surface area contributed by atoms with E-state index in [0.29, 0.717) is 12.2 Å². The van der Waals surface area contributed by atoms with Gasteiger partial charge < -0.3 is 11.1 Å². The van der Waals surface area contributed by atoms with Crippen molar-refractivity contribution in [3.63, 3.8) is 0 Å². The van der Waals surface area contributed by atoms with E-state index >= 15 is 0 Å². The van der Waals surface area contributed by atoms with E-state index in [-0.39, 0.29) is 11.1 Å². The van der Waals surface area contributed by atoms with Crippen molar-refractivity contribution in [1.29, 1.82) is 0 Å². The molecule has 0 aliphatic rings. The monoisotopic (exact) mass is 258 g/mol. The number of nitrogens with zero attached hydrogens (tertiary/aromatic N) is 1. The zero-order valence-electron chi connectivity index (χ0n) is 9.78. The Balaban J connectivity index is 2.92. The maximum Gasteiger partial charge on any atom is 0.292 e. The molecule has 94 valence electrons. The van der Waals surface area contributed by atoms with Gasteiger partial charge in [-0.05, 0) is 18.6 Å². The highest BCUT2D eigenvalue weighted by atomic mass is 35.5. The molecule has 0 fully saturated rings. The Bertz CT molecular complexity index is 396. The predicted octanol–water partition coefficient (Wildman–Crippen LogP) is 1.94. The molecule has 1 aromatic carbocycles. The maximum absolute atomic E-state index is 10.9. The van der Waals surface area contributed by atoms with Crippen LogP contribution in [0.1, 0.15) is 24.3 Å². The first-order valence-electron chi connectivity index (χ1n) is 5.51. The third-order valence-corrected chi connectivity index (χ3v) is 2.67. The van der Waals surface area contributed by atoms with Crippen LogP contribution in [0.15, 0.2) is 18.2 Å². The number of rotatable bonds is 6. The Morgan fingerprint density at radius 1 is 1.59 bits per heavy atom. The van der Waals surface area contributed by atoms with E-state index in [2.05, 4.69) is 11.1 Å². The number of halogens is 1. The van der Waals surface area contributed by atoms with E-state index in [1.165, 1.54) is 6.07 Å². The number of nitro benzene ring substituents is 1. The summed E-state index contributed by atoms with van der Waals surface area (Å²) < 4.78 is 0. The molecule has 5 nitrogen and oxygen atoms in total. The van der Waals surface area contributed by atoms with Crippen molar-refractivity contribution in [2.24, 2.45) is 0 Å². The predicted molar refractivity (Wildman–Crippen MR) is 68.2 cm³/mol. The fourth-order valence-electron chi connectivity index (χ4n) is 1.44. The average molecular weight is 259 g/mol. The second kappa shape index (κ2) is 6.42. The lowest BCUT2D eigenvalue weighted by Gasteiger charge is -2.08. The second-order valence-corrected chi connectivity index (χ2v) is 4.44. The molecule has 1 unspecified atom stereocenters. The van der Waals surface area contributed by atoms with Gasteiger partial charge in [0.15, 0.2) is 0 Å². The van der Waals surface area contributed by atoms with Crippen LogP contribution in [0.4, 0.5) is 11.4 Å². The van der Waals surface area contributed by atoms with Gasteiger partial charge >= 0.3 is 0 Å². The summed E-state index contributed by atoms with van der Waals surface area (Å²) in [5.74, 6) is 0. The van der Waals surface area contributed by atoms with Crippen LogP contribution in [0.25, 0.3) is 0 Å². The van der Waals surface area contributed by atoms with E-state index in [9.17, 15) is 10.1 Å². The number of anilines is 1. The van der Waals surface area contributed by atoms with Gasteiger partial charge in [0, 0.05) is 19.0 Å². The van der Waals surface area contributed by atoms with Crippen LogP contribution >= 0.6 is 11.6 Å². The molecule has 0 aromatic heterocycles. The van der Waals surface area contributed by atoms with E-state index in [0.717, 1.165) is 18.5 Å². The second-order valence-electron chi connectivity index (χ2n) is 3.78. The quantitative estimate of drug-likeness (QED) is 0.354. The lowest BCUT2D eigenvalue weighted by atomic mass is 10.1. The van der Waals surface area contributed by atoms with Crippen LogP contribution < -0.4 is 11.1 Å². The summed E-state index contributed by atoms with van der Waals surface area (Å²) in [7, 11) is 0. The Kier molecular flexibility index (Phi) is 5.18. The summed E-state index contributed by atoms with van der Waals surface area (Å²) in [5.41, 5.74) is 5.07. The highest BCUT2D eigenvalue weighted by molar-refractivity contribution is 6.20. The first-order valence-corrected chi connectivity index (χ1v) is 5.95. The van der Waals surface area contributed by atoms with Crippen molar-refractivity contribution in [1.82, 2.24) is 0 Å². The van der Waals surface area contributed by atoms with Crippen LogP contribution in [0.5, 0.6) is 0 Å². The normalized spacial score (nSPS) is 12.2. The smallest absolute Gasteiger partial charge is 0.292 e. The van der Waals surface area contributed by atoms with Gasteiger partial charge in [-0.3, -0.25) is 10.1 Å². The topological polar surface area (TPSA) is 82.8 Å². The molecule has 0 bridgehead atoms. The van der Waals surface area contributed by atoms with Crippen molar-refractivity contribution in [2.45, 2.75) is 18.7 Å². The molecule has 0 saturated carbocycles. The summed E-state index contributed by atoms with van der Waals surface area (Å²) in [6, 6.07) is 5.02. The molecule has 0 aliphatic carbocycles. The lowest BCUT2D eigenvalue weighted by molar-refractivity contribution is -0.384. The van der Waals surface area contributed by atoms with Crippen LogP contribution in [0.3, 0.4) is 0 Å². The van der Waals surface area contributed by atoms with Gasteiger partial charge in [-0.15, -0.1) is 11.6 Å². The highest BCUT2D eigenvalue weighted by Crippen LogP contribution is 2.30. The van der Waals surface area contributed by atoms with Crippen LogP contribution in [0, 0.1) is 10.1 Å². The molecule has 1 atom stereocenters. The fourth-order valence-corrected chi connectivity index (χ4v) is 1.58. The van der Waals surface area contributed by atoms with E-state index in [4.69, 9.17) is 11.6 Å². The fraction of sp³-hybridized carbons (Fsp3) is 0.455. The molecular weight excluding hydrogens is 242 g/mol. The van der Waals surface area contributed by atoms with E-state index < -0.39 is 4.92 Å². The molecule has 1 aromatic rings. The van der Waals surface area contributed by atoms with E-state index in [1.54, 1.807) is 19.1 Å². The molecule has 0 radical (unpaired) electrons. The molecule has 0 aliphatic heterocycles. The van der Waals surface area contributed by atoms with Gasteiger partial charge in [0.05, 0.1) is 16.8 Å². The number of hydrogen-bond donors (Lipinski definition) is 2. The van der Waals surface area contributed by atoms with Gasteiger partial charge in [0.1, 0.15) is 5.69 Å². The number of nitro groups is 1. The number of quaternary nitrogens is 1. The molecule has 0 heterocycles. The Labute approximate surface area is 105 Å². The third kappa shape index (κ3) is 3.87. The van der Waals surface area contributed by atoms with Crippen molar-refractivity contribution in [2.75, 3.05) is 18.4 Å². The van der Waals surface area contributed by atoms with Gasteiger partial charge in [0.2, 0.25) is 0 Å². The van der Waals surface area contributed by atoms with Gasteiger partial charge in [-0.2, -0.15) is 0 Å². The molecule has 6 heteroatoms. The largest absolute Gasteiger partial charge is 0.379 e.